The zero-order valence-corrected chi connectivity index (χ0v) is 14.0. The number of phenols is 1. The lowest BCUT2D eigenvalue weighted by Gasteiger charge is -2.29. The van der Waals surface area contributed by atoms with E-state index in [9.17, 15) is 9.90 Å². The van der Waals surface area contributed by atoms with Crippen LogP contribution in [0.2, 0.25) is 0 Å². The molecule has 0 atom stereocenters. The zero-order valence-electron chi connectivity index (χ0n) is 14.0. The number of ketones is 1. The number of fused-ring (bicyclic) bond motifs is 1. The van der Waals surface area contributed by atoms with Crippen LogP contribution in [0.4, 0.5) is 0 Å². The van der Waals surface area contributed by atoms with Gasteiger partial charge in [0.1, 0.15) is 22.8 Å². The number of phenolic OH excluding ortho intramolecular Hbond substituents is 1. The van der Waals surface area contributed by atoms with E-state index in [2.05, 4.69) is 0 Å². The number of hydrogen-bond donors (Lipinski definition) is 1. The highest BCUT2D eigenvalue weighted by molar-refractivity contribution is 6.01. The van der Waals surface area contributed by atoms with Crippen LogP contribution >= 0.6 is 0 Å². The number of methoxy groups -OCH3 is 1. The molecule has 124 valence electrons. The third kappa shape index (κ3) is 3.00. The number of ether oxygens (including phenoxy) is 2. The number of benzene rings is 2. The summed E-state index contributed by atoms with van der Waals surface area (Å²) in [6.45, 7) is 3.94. The van der Waals surface area contributed by atoms with Gasteiger partial charge in [0.15, 0.2) is 5.78 Å². The highest BCUT2D eigenvalue weighted by atomic mass is 16.5. The summed E-state index contributed by atoms with van der Waals surface area (Å²) in [5.41, 5.74) is 1.45. The predicted octanol–water partition coefficient (Wildman–Crippen LogP) is 4.01. The van der Waals surface area contributed by atoms with Crippen molar-refractivity contribution in [3.8, 4) is 17.2 Å². The van der Waals surface area contributed by atoms with Crippen LogP contribution in [0, 0.1) is 0 Å². The van der Waals surface area contributed by atoms with Crippen molar-refractivity contribution in [1.29, 1.82) is 0 Å². The van der Waals surface area contributed by atoms with Gasteiger partial charge in [0, 0.05) is 12.0 Å². The van der Waals surface area contributed by atoms with Crippen molar-refractivity contribution in [3.05, 3.63) is 59.2 Å². The minimum atomic E-state index is -0.390. The van der Waals surface area contributed by atoms with Gasteiger partial charge in [-0.25, -0.2) is 0 Å². The summed E-state index contributed by atoms with van der Waals surface area (Å²) in [5, 5.41) is 9.87. The van der Waals surface area contributed by atoms with Crippen molar-refractivity contribution in [2.24, 2.45) is 0 Å². The Kier molecular flexibility index (Phi) is 4.06. The molecule has 0 aliphatic carbocycles. The highest BCUT2D eigenvalue weighted by Crippen LogP contribution is 2.39. The molecule has 0 amide bonds. The van der Waals surface area contributed by atoms with E-state index in [1.807, 2.05) is 26.0 Å². The van der Waals surface area contributed by atoms with Crippen molar-refractivity contribution in [2.75, 3.05) is 7.11 Å². The van der Waals surface area contributed by atoms with Crippen LogP contribution in [0.3, 0.4) is 0 Å². The van der Waals surface area contributed by atoms with Crippen molar-refractivity contribution < 1.29 is 19.4 Å². The Balaban J connectivity index is 1.97. The summed E-state index contributed by atoms with van der Waals surface area (Å²) >= 11 is 0. The molecule has 0 aromatic heterocycles. The molecule has 0 saturated carbocycles. The van der Waals surface area contributed by atoms with E-state index >= 15 is 0 Å². The minimum Gasteiger partial charge on any atom is -0.508 e. The maximum absolute atomic E-state index is 12.7. The molecule has 1 aliphatic heterocycles. The second-order valence-electron chi connectivity index (χ2n) is 6.33. The lowest BCUT2D eigenvalue weighted by atomic mass is 9.96. The SMILES string of the molecule is COc1c(C(=O)Cc2ccccc2O)ccc2c1C=CC(C)(C)O2. The Labute approximate surface area is 141 Å². The molecule has 2 aromatic rings. The monoisotopic (exact) mass is 324 g/mol. The van der Waals surface area contributed by atoms with E-state index in [4.69, 9.17) is 9.47 Å². The number of para-hydroxylation sites is 1. The molecule has 0 unspecified atom stereocenters. The number of Topliss-reactive ketones (excluding diaryl/α,β-unsaturated/α-hetero) is 1. The van der Waals surface area contributed by atoms with Gasteiger partial charge in [-0.2, -0.15) is 0 Å². The van der Waals surface area contributed by atoms with Gasteiger partial charge < -0.3 is 14.6 Å². The Hall–Kier alpha value is -2.75. The van der Waals surface area contributed by atoms with E-state index in [-0.39, 0.29) is 23.6 Å². The largest absolute Gasteiger partial charge is 0.508 e. The van der Waals surface area contributed by atoms with E-state index in [1.165, 1.54) is 0 Å². The van der Waals surface area contributed by atoms with Gasteiger partial charge in [-0.3, -0.25) is 4.79 Å². The van der Waals surface area contributed by atoms with Gasteiger partial charge in [0.05, 0.1) is 18.2 Å². The van der Waals surface area contributed by atoms with Crippen LogP contribution in [-0.4, -0.2) is 23.6 Å². The van der Waals surface area contributed by atoms with Crippen LogP contribution in [0.15, 0.2) is 42.5 Å². The molecule has 0 fully saturated rings. The van der Waals surface area contributed by atoms with Crippen molar-refractivity contribution in [1.82, 2.24) is 0 Å². The maximum atomic E-state index is 12.7. The Morgan fingerprint density at radius 1 is 1.21 bits per heavy atom. The molecule has 1 N–H and O–H groups in total. The van der Waals surface area contributed by atoms with Gasteiger partial charge in [-0.15, -0.1) is 0 Å². The van der Waals surface area contributed by atoms with Gasteiger partial charge in [0.2, 0.25) is 0 Å². The first-order valence-electron chi connectivity index (χ1n) is 7.80. The third-order valence-electron chi connectivity index (χ3n) is 4.03. The molecule has 0 radical (unpaired) electrons. The third-order valence-corrected chi connectivity index (χ3v) is 4.03. The maximum Gasteiger partial charge on any atom is 0.171 e. The average molecular weight is 324 g/mol. The second kappa shape index (κ2) is 6.04. The molecule has 4 nitrogen and oxygen atoms in total. The lowest BCUT2D eigenvalue weighted by Crippen LogP contribution is -2.27. The van der Waals surface area contributed by atoms with Gasteiger partial charge in [0.25, 0.3) is 0 Å². The standard InChI is InChI=1S/C20H20O4/c1-20(2)11-10-15-18(24-20)9-8-14(19(15)23-3)17(22)12-13-6-4-5-7-16(13)21/h4-11,21H,12H2,1-3H3. The van der Waals surface area contributed by atoms with Gasteiger partial charge in [-0.05, 0) is 44.2 Å². The number of carbonyl (C=O) groups is 1. The Morgan fingerprint density at radius 2 is 1.96 bits per heavy atom. The lowest BCUT2D eigenvalue weighted by molar-refractivity contribution is 0.0989. The molecule has 0 spiro atoms. The molecule has 4 heteroatoms. The second-order valence-corrected chi connectivity index (χ2v) is 6.33. The highest BCUT2D eigenvalue weighted by Gasteiger charge is 2.26. The van der Waals surface area contributed by atoms with E-state index in [0.29, 0.717) is 22.6 Å². The van der Waals surface area contributed by atoms with Crippen LogP contribution in [0.5, 0.6) is 17.2 Å². The minimum absolute atomic E-state index is 0.109. The first-order chi connectivity index (χ1) is 11.4. The fraction of sp³-hybridized carbons (Fsp3) is 0.250. The van der Waals surface area contributed by atoms with Crippen molar-refractivity contribution in [3.63, 3.8) is 0 Å². The molecule has 1 heterocycles. The Morgan fingerprint density at radius 3 is 2.67 bits per heavy atom. The molecule has 24 heavy (non-hydrogen) atoms. The number of hydrogen-bond acceptors (Lipinski definition) is 4. The van der Waals surface area contributed by atoms with Gasteiger partial charge in [-0.1, -0.05) is 18.2 Å². The van der Waals surface area contributed by atoms with E-state index in [1.54, 1.807) is 43.5 Å². The summed E-state index contributed by atoms with van der Waals surface area (Å²) in [4.78, 5) is 12.7. The normalized spacial score (nSPS) is 14.6. The Bertz CT molecular complexity index is 818. The molecule has 2 aromatic carbocycles. The first kappa shape index (κ1) is 16.1. The molecule has 1 aliphatic rings. The van der Waals surface area contributed by atoms with E-state index in [0.717, 1.165) is 5.56 Å². The van der Waals surface area contributed by atoms with Crippen LogP contribution in [-0.2, 0) is 6.42 Å². The molecule has 0 bridgehead atoms. The summed E-state index contributed by atoms with van der Waals surface area (Å²) in [7, 11) is 1.54. The van der Waals surface area contributed by atoms with Crippen molar-refractivity contribution in [2.45, 2.75) is 25.9 Å². The fourth-order valence-corrected chi connectivity index (χ4v) is 2.80. The number of carbonyl (C=O) groups excluding carboxylic acids is 1. The zero-order chi connectivity index (χ0) is 17.3. The van der Waals surface area contributed by atoms with Crippen LogP contribution in [0.1, 0.15) is 35.3 Å². The molecule has 3 rings (SSSR count). The number of aromatic hydroxyl groups is 1. The average Bonchev–Trinajstić information content (AvgIpc) is 2.54. The quantitative estimate of drug-likeness (QED) is 0.863. The van der Waals surface area contributed by atoms with Crippen LogP contribution < -0.4 is 9.47 Å². The first-order valence-corrected chi connectivity index (χ1v) is 7.80. The fourth-order valence-electron chi connectivity index (χ4n) is 2.80. The molecular formula is C20H20O4. The number of rotatable bonds is 4. The summed E-state index contributed by atoms with van der Waals surface area (Å²) in [6, 6.07) is 10.4. The van der Waals surface area contributed by atoms with Crippen LogP contribution in [0.25, 0.3) is 6.08 Å². The summed E-state index contributed by atoms with van der Waals surface area (Å²) in [6.07, 6.45) is 3.97. The molecular weight excluding hydrogens is 304 g/mol. The van der Waals surface area contributed by atoms with Gasteiger partial charge >= 0.3 is 0 Å². The predicted molar refractivity (Wildman–Crippen MR) is 92.9 cm³/mol. The van der Waals surface area contributed by atoms with E-state index < -0.39 is 0 Å². The molecule has 0 saturated heterocycles. The summed E-state index contributed by atoms with van der Waals surface area (Å²) < 4.78 is 11.4. The van der Waals surface area contributed by atoms with Crippen molar-refractivity contribution >= 4 is 11.9 Å². The topological polar surface area (TPSA) is 55.8 Å². The summed E-state index contributed by atoms with van der Waals surface area (Å²) in [5.74, 6) is 1.19. The smallest absolute Gasteiger partial charge is 0.171 e.